The second kappa shape index (κ2) is 10.2. The lowest BCUT2D eigenvalue weighted by molar-refractivity contribution is 0.176. The number of piperidine rings is 1. The zero-order chi connectivity index (χ0) is 20.8. The van der Waals surface area contributed by atoms with Crippen molar-refractivity contribution < 1.29 is 0 Å². The van der Waals surface area contributed by atoms with E-state index in [1.165, 1.54) is 36.3 Å². The van der Waals surface area contributed by atoms with Crippen molar-refractivity contribution in [1.29, 1.82) is 0 Å². The molecule has 2 fully saturated rings. The van der Waals surface area contributed by atoms with Crippen LogP contribution in [0.2, 0.25) is 0 Å². The van der Waals surface area contributed by atoms with Gasteiger partial charge in [-0.3, -0.25) is 9.89 Å². The van der Waals surface area contributed by atoms with E-state index in [4.69, 9.17) is 0 Å². The Hall–Kier alpha value is -1.57. The third-order valence-corrected chi connectivity index (χ3v) is 8.32. The van der Waals surface area contributed by atoms with Gasteiger partial charge in [0.25, 0.3) is 0 Å². The molecule has 1 saturated carbocycles. The van der Waals surface area contributed by atoms with Gasteiger partial charge in [-0.25, -0.2) is 4.98 Å². The van der Waals surface area contributed by atoms with Crippen LogP contribution in [0.5, 0.6) is 0 Å². The number of likely N-dealkylation sites (tertiary alicyclic amines) is 1. The van der Waals surface area contributed by atoms with Crippen molar-refractivity contribution in [2.24, 2.45) is 10.9 Å². The fourth-order valence-corrected chi connectivity index (χ4v) is 5.81. The van der Waals surface area contributed by atoms with Gasteiger partial charge in [0.15, 0.2) is 5.96 Å². The van der Waals surface area contributed by atoms with E-state index in [9.17, 15) is 0 Å². The molecular formula is C23H33N5S2. The number of hydrogen-bond donors (Lipinski definition) is 2. The molecule has 5 nitrogen and oxygen atoms in total. The molecule has 1 aliphatic carbocycles. The molecule has 1 aliphatic heterocycles. The second-order valence-electron chi connectivity index (χ2n) is 8.48. The summed E-state index contributed by atoms with van der Waals surface area (Å²) in [5, 5.41) is 10.5. The number of nitrogens with one attached hydrogen (secondary N) is 2. The Bertz CT molecular complexity index is 823. The summed E-state index contributed by atoms with van der Waals surface area (Å²) in [5.74, 6) is 1.65. The number of thioether (sulfide) groups is 1. The zero-order valence-corrected chi connectivity index (χ0v) is 19.7. The molecule has 0 radical (unpaired) electrons. The first-order valence-electron chi connectivity index (χ1n) is 11.0. The molecule has 1 aromatic carbocycles. The Labute approximate surface area is 188 Å². The molecule has 1 aromatic heterocycles. The highest BCUT2D eigenvalue weighted by Gasteiger charge is 2.43. The van der Waals surface area contributed by atoms with E-state index in [0.717, 1.165) is 43.7 Å². The van der Waals surface area contributed by atoms with Crippen LogP contribution in [-0.2, 0) is 6.54 Å². The maximum atomic E-state index is 4.60. The Morgan fingerprint density at radius 3 is 2.63 bits per heavy atom. The quantitative estimate of drug-likeness (QED) is 0.474. The minimum absolute atomic E-state index is 0.332. The number of aromatic nitrogens is 1. The predicted molar refractivity (Wildman–Crippen MR) is 128 cm³/mol. The first-order valence-corrected chi connectivity index (χ1v) is 12.7. The average Bonchev–Trinajstić information content (AvgIpc) is 3.41. The Kier molecular flexibility index (Phi) is 7.33. The van der Waals surface area contributed by atoms with E-state index in [-0.39, 0.29) is 0 Å². The van der Waals surface area contributed by atoms with Gasteiger partial charge >= 0.3 is 0 Å². The third kappa shape index (κ3) is 6.22. The molecule has 2 aromatic rings. The molecule has 2 heterocycles. The molecule has 1 saturated heterocycles. The van der Waals surface area contributed by atoms with Crippen LogP contribution in [0.3, 0.4) is 0 Å². The van der Waals surface area contributed by atoms with Crippen LogP contribution in [0.1, 0.15) is 36.4 Å². The van der Waals surface area contributed by atoms with Crippen LogP contribution < -0.4 is 10.6 Å². The summed E-state index contributed by atoms with van der Waals surface area (Å²) in [6, 6.07) is 10.7. The van der Waals surface area contributed by atoms with Gasteiger partial charge in [-0.05, 0) is 63.7 Å². The predicted octanol–water partition coefficient (Wildman–Crippen LogP) is 4.15. The molecule has 162 valence electrons. The molecule has 0 atom stereocenters. The molecule has 0 spiro atoms. The number of nitrogens with zero attached hydrogens (tertiary/aromatic N) is 3. The molecule has 0 amide bonds. The summed E-state index contributed by atoms with van der Waals surface area (Å²) < 4.78 is 0.332. The smallest absolute Gasteiger partial charge is 0.191 e. The van der Waals surface area contributed by atoms with Gasteiger partial charge in [-0.1, -0.05) is 18.2 Å². The van der Waals surface area contributed by atoms with Gasteiger partial charge < -0.3 is 10.6 Å². The monoisotopic (exact) mass is 443 g/mol. The molecule has 30 heavy (non-hydrogen) atoms. The number of guanidine groups is 1. The van der Waals surface area contributed by atoms with Crippen molar-refractivity contribution in [1.82, 2.24) is 20.5 Å². The molecule has 2 N–H and O–H groups in total. The summed E-state index contributed by atoms with van der Waals surface area (Å²) >= 11 is 3.75. The number of aliphatic imine (C=N–C) groups is 1. The summed E-state index contributed by atoms with van der Waals surface area (Å²) in [5.41, 5.74) is 1.22. The number of rotatable bonds is 8. The van der Waals surface area contributed by atoms with Crippen LogP contribution >= 0.6 is 23.1 Å². The van der Waals surface area contributed by atoms with Gasteiger partial charge in [0.05, 0.1) is 10.7 Å². The highest BCUT2D eigenvalue weighted by atomic mass is 32.2. The van der Waals surface area contributed by atoms with Crippen LogP contribution in [-0.4, -0.2) is 53.8 Å². The topological polar surface area (TPSA) is 52.6 Å². The lowest BCUT2D eigenvalue weighted by Crippen LogP contribution is -2.44. The summed E-state index contributed by atoms with van der Waals surface area (Å²) in [6.07, 6.45) is 5.02. The van der Waals surface area contributed by atoms with Crippen molar-refractivity contribution in [3.05, 3.63) is 46.4 Å². The number of benzene rings is 1. The van der Waals surface area contributed by atoms with Gasteiger partial charge in [0, 0.05) is 41.7 Å². The molecule has 2 aliphatic rings. The SMILES string of the molecule is CN=C(NCC1CCN(Cc2csc(C)n2)CC1)NCC1(Sc2ccccc2)CC1. The maximum Gasteiger partial charge on any atom is 0.191 e. The summed E-state index contributed by atoms with van der Waals surface area (Å²) in [7, 11) is 1.87. The first kappa shape index (κ1) is 21.7. The van der Waals surface area contributed by atoms with Gasteiger partial charge in [-0.2, -0.15) is 0 Å². The standard InChI is InChI=1S/C23H33N5S2/c1-18-27-20(16-29-18)15-28-12-8-19(9-13-28)14-25-22(24-2)26-17-23(10-11-23)30-21-6-4-3-5-7-21/h3-7,16,19H,8-15,17H2,1-2H3,(H2,24,25,26). The second-order valence-corrected chi connectivity index (χ2v) is 11.1. The minimum atomic E-state index is 0.332. The van der Waals surface area contributed by atoms with Crippen molar-refractivity contribution >= 4 is 29.1 Å². The number of thiazole rings is 1. The normalized spacial score (nSPS) is 19.6. The molecule has 0 bridgehead atoms. The van der Waals surface area contributed by atoms with E-state index in [2.05, 4.69) is 68.1 Å². The molecule has 4 rings (SSSR count). The van der Waals surface area contributed by atoms with Crippen molar-refractivity contribution in [2.75, 3.05) is 33.2 Å². The van der Waals surface area contributed by atoms with E-state index in [1.807, 2.05) is 18.8 Å². The molecule has 0 unspecified atom stereocenters. The largest absolute Gasteiger partial charge is 0.356 e. The van der Waals surface area contributed by atoms with E-state index in [0.29, 0.717) is 10.7 Å². The average molecular weight is 444 g/mol. The number of hydrogen-bond acceptors (Lipinski definition) is 5. The summed E-state index contributed by atoms with van der Waals surface area (Å²) in [4.78, 5) is 13.0. The highest BCUT2D eigenvalue weighted by molar-refractivity contribution is 8.01. The lowest BCUT2D eigenvalue weighted by atomic mass is 9.97. The van der Waals surface area contributed by atoms with E-state index in [1.54, 1.807) is 11.3 Å². The van der Waals surface area contributed by atoms with Crippen molar-refractivity contribution in [2.45, 2.75) is 48.8 Å². The van der Waals surface area contributed by atoms with Crippen LogP contribution in [0.25, 0.3) is 0 Å². The maximum absolute atomic E-state index is 4.60. The Balaban J connectivity index is 1.16. The highest BCUT2D eigenvalue weighted by Crippen LogP contribution is 2.51. The molecule has 7 heteroatoms. The first-order chi connectivity index (χ1) is 14.6. The van der Waals surface area contributed by atoms with Gasteiger partial charge in [0.2, 0.25) is 0 Å². The van der Waals surface area contributed by atoms with Crippen molar-refractivity contribution in [3.8, 4) is 0 Å². The van der Waals surface area contributed by atoms with E-state index < -0.39 is 0 Å². The fourth-order valence-electron chi connectivity index (χ4n) is 3.96. The van der Waals surface area contributed by atoms with Gasteiger partial charge in [-0.15, -0.1) is 23.1 Å². The Morgan fingerprint density at radius 1 is 1.23 bits per heavy atom. The fraction of sp³-hybridized carbons (Fsp3) is 0.565. The van der Waals surface area contributed by atoms with Gasteiger partial charge in [0.1, 0.15) is 0 Å². The zero-order valence-electron chi connectivity index (χ0n) is 18.1. The van der Waals surface area contributed by atoms with Crippen LogP contribution in [0.15, 0.2) is 45.6 Å². The van der Waals surface area contributed by atoms with E-state index >= 15 is 0 Å². The lowest BCUT2D eigenvalue weighted by Gasteiger charge is -2.32. The summed E-state index contributed by atoms with van der Waals surface area (Å²) in [6.45, 7) is 7.37. The van der Waals surface area contributed by atoms with Crippen molar-refractivity contribution in [3.63, 3.8) is 0 Å². The number of aryl methyl sites for hydroxylation is 1. The van der Waals surface area contributed by atoms with Crippen LogP contribution in [0, 0.1) is 12.8 Å². The Morgan fingerprint density at radius 2 is 2.00 bits per heavy atom. The minimum Gasteiger partial charge on any atom is -0.356 e. The third-order valence-electron chi connectivity index (χ3n) is 6.00. The molecular weight excluding hydrogens is 410 g/mol. The van der Waals surface area contributed by atoms with Crippen LogP contribution in [0.4, 0.5) is 0 Å².